The third-order valence-corrected chi connectivity index (χ3v) is 2.95. The first-order chi connectivity index (χ1) is 7.18. The van der Waals surface area contributed by atoms with Crippen molar-refractivity contribution in [3.05, 3.63) is 22.4 Å². The highest BCUT2D eigenvalue weighted by atomic mass is 32.1. The van der Waals surface area contributed by atoms with Gasteiger partial charge in [0.15, 0.2) is 5.78 Å². The molecule has 1 aliphatic heterocycles. The maximum Gasteiger partial charge on any atom is 0.325 e. The van der Waals surface area contributed by atoms with Gasteiger partial charge in [0.25, 0.3) is 0 Å². The second kappa shape index (κ2) is 3.82. The SMILES string of the molecule is O=C(CN1C(=O)CNC1=O)c1cccs1. The second-order valence-corrected chi connectivity index (χ2v) is 3.99. The molecule has 1 aliphatic rings. The topological polar surface area (TPSA) is 66.5 Å². The number of amides is 3. The Morgan fingerprint density at radius 2 is 2.33 bits per heavy atom. The quantitative estimate of drug-likeness (QED) is 0.600. The van der Waals surface area contributed by atoms with Crippen LogP contribution in [-0.2, 0) is 4.79 Å². The zero-order valence-corrected chi connectivity index (χ0v) is 8.54. The van der Waals surface area contributed by atoms with Gasteiger partial charge in [0.2, 0.25) is 5.91 Å². The van der Waals surface area contributed by atoms with Gasteiger partial charge in [-0.3, -0.25) is 14.5 Å². The van der Waals surface area contributed by atoms with E-state index in [-0.39, 0.29) is 24.8 Å². The van der Waals surface area contributed by atoms with Crippen LogP contribution < -0.4 is 5.32 Å². The molecule has 3 amide bonds. The van der Waals surface area contributed by atoms with Crippen LogP contribution in [0.15, 0.2) is 17.5 Å². The molecule has 2 heterocycles. The largest absolute Gasteiger partial charge is 0.329 e. The summed E-state index contributed by atoms with van der Waals surface area (Å²) in [6.07, 6.45) is 0. The highest BCUT2D eigenvalue weighted by Gasteiger charge is 2.30. The Balaban J connectivity index is 2.06. The molecule has 0 unspecified atom stereocenters. The molecule has 5 nitrogen and oxygen atoms in total. The zero-order valence-electron chi connectivity index (χ0n) is 7.73. The molecule has 1 N–H and O–H groups in total. The molecule has 78 valence electrons. The van der Waals surface area contributed by atoms with Gasteiger partial charge < -0.3 is 5.32 Å². The van der Waals surface area contributed by atoms with Gasteiger partial charge in [-0.2, -0.15) is 0 Å². The standard InChI is InChI=1S/C9H8N2O3S/c12-6(7-2-1-3-15-7)5-11-8(13)4-10-9(11)14/h1-3H,4-5H2,(H,10,14). The highest BCUT2D eigenvalue weighted by Crippen LogP contribution is 2.11. The molecule has 1 saturated heterocycles. The molecule has 0 atom stereocenters. The summed E-state index contributed by atoms with van der Waals surface area (Å²) in [5.74, 6) is -0.569. The molecule has 0 aromatic carbocycles. The summed E-state index contributed by atoms with van der Waals surface area (Å²) in [6.45, 7) is -0.193. The number of nitrogens with one attached hydrogen (secondary N) is 1. The molecule has 0 spiro atoms. The van der Waals surface area contributed by atoms with Crippen LogP contribution in [0.25, 0.3) is 0 Å². The van der Waals surface area contributed by atoms with E-state index in [9.17, 15) is 14.4 Å². The average molecular weight is 224 g/mol. The Bertz CT molecular complexity index is 397. The first-order valence-electron chi connectivity index (χ1n) is 4.33. The minimum absolute atomic E-state index is 0.0173. The monoisotopic (exact) mass is 224 g/mol. The van der Waals surface area contributed by atoms with E-state index < -0.39 is 6.03 Å². The van der Waals surface area contributed by atoms with E-state index in [1.807, 2.05) is 0 Å². The van der Waals surface area contributed by atoms with Gasteiger partial charge in [0, 0.05) is 0 Å². The van der Waals surface area contributed by atoms with Gasteiger partial charge in [0.05, 0.1) is 18.0 Å². The Labute approximate surface area is 89.7 Å². The van der Waals surface area contributed by atoms with Gasteiger partial charge in [0.1, 0.15) is 0 Å². The summed E-state index contributed by atoms with van der Waals surface area (Å²) in [5, 5.41) is 4.14. The summed E-state index contributed by atoms with van der Waals surface area (Å²) in [7, 11) is 0. The summed E-state index contributed by atoms with van der Waals surface area (Å²) >= 11 is 1.30. The summed E-state index contributed by atoms with van der Waals surface area (Å²) in [4.78, 5) is 35.4. The molecule has 0 aliphatic carbocycles. The van der Waals surface area contributed by atoms with E-state index in [4.69, 9.17) is 0 Å². The number of imide groups is 1. The van der Waals surface area contributed by atoms with E-state index in [2.05, 4.69) is 5.32 Å². The number of rotatable bonds is 3. The number of urea groups is 1. The maximum absolute atomic E-state index is 11.6. The number of nitrogens with zero attached hydrogens (tertiary/aromatic N) is 1. The van der Waals surface area contributed by atoms with Gasteiger partial charge >= 0.3 is 6.03 Å². The first kappa shape index (κ1) is 9.85. The summed E-state index contributed by atoms with van der Waals surface area (Å²) < 4.78 is 0. The smallest absolute Gasteiger partial charge is 0.325 e. The molecule has 15 heavy (non-hydrogen) atoms. The minimum atomic E-state index is -0.495. The number of carbonyl (C=O) groups is 3. The van der Waals surface area contributed by atoms with Crippen LogP contribution in [0, 0.1) is 0 Å². The number of ketones is 1. The van der Waals surface area contributed by atoms with Crippen molar-refractivity contribution in [2.75, 3.05) is 13.1 Å². The molecule has 6 heteroatoms. The van der Waals surface area contributed by atoms with Gasteiger partial charge in [-0.1, -0.05) is 6.07 Å². The van der Waals surface area contributed by atoms with Crippen molar-refractivity contribution in [2.45, 2.75) is 0 Å². The van der Waals surface area contributed by atoms with Crippen molar-refractivity contribution in [2.24, 2.45) is 0 Å². The van der Waals surface area contributed by atoms with Crippen LogP contribution in [-0.4, -0.2) is 35.7 Å². The molecule has 1 fully saturated rings. The Morgan fingerprint density at radius 1 is 1.53 bits per heavy atom. The molecule has 0 bridgehead atoms. The number of Topliss-reactive ketones (excluding diaryl/α,β-unsaturated/α-hetero) is 1. The lowest BCUT2D eigenvalue weighted by molar-refractivity contribution is -0.124. The predicted molar refractivity (Wildman–Crippen MR) is 53.8 cm³/mol. The van der Waals surface area contributed by atoms with Crippen molar-refractivity contribution >= 4 is 29.1 Å². The third kappa shape index (κ3) is 1.89. The van der Waals surface area contributed by atoms with E-state index >= 15 is 0 Å². The highest BCUT2D eigenvalue weighted by molar-refractivity contribution is 7.12. The van der Waals surface area contributed by atoms with Crippen molar-refractivity contribution in [1.29, 1.82) is 0 Å². The summed E-state index contributed by atoms with van der Waals surface area (Å²) in [6, 6.07) is 2.93. The number of carbonyl (C=O) groups excluding carboxylic acids is 3. The Hall–Kier alpha value is -1.69. The maximum atomic E-state index is 11.6. The van der Waals surface area contributed by atoms with Crippen LogP contribution in [0.5, 0.6) is 0 Å². The molecular weight excluding hydrogens is 216 g/mol. The van der Waals surface area contributed by atoms with Crippen LogP contribution in [0.1, 0.15) is 9.67 Å². The fraction of sp³-hybridized carbons (Fsp3) is 0.222. The lowest BCUT2D eigenvalue weighted by Gasteiger charge is -2.09. The van der Waals surface area contributed by atoms with Gasteiger partial charge in [-0.25, -0.2) is 4.79 Å². The van der Waals surface area contributed by atoms with E-state index in [1.54, 1.807) is 17.5 Å². The second-order valence-electron chi connectivity index (χ2n) is 3.04. The van der Waals surface area contributed by atoms with Crippen molar-refractivity contribution < 1.29 is 14.4 Å². The average Bonchev–Trinajstić information content (AvgIpc) is 2.82. The summed E-state index contributed by atoms with van der Waals surface area (Å²) in [5.41, 5.74) is 0. The first-order valence-corrected chi connectivity index (χ1v) is 5.21. The lowest BCUT2D eigenvalue weighted by Crippen LogP contribution is -2.35. The fourth-order valence-corrected chi connectivity index (χ4v) is 1.93. The van der Waals surface area contributed by atoms with Crippen LogP contribution in [0.4, 0.5) is 4.79 Å². The normalized spacial score (nSPS) is 15.6. The lowest BCUT2D eigenvalue weighted by atomic mass is 10.3. The molecule has 0 saturated carbocycles. The number of thiophene rings is 1. The van der Waals surface area contributed by atoms with E-state index in [0.717, 1.165) is 4.90 Å². The fourth-order valence-electron chi connectivity index (χ4n) is 1.27. The van der Waals surface area contributed by atoms with Gasteiger partial charge in [-0.05, 0) is 11.4 Å². The third-order valence-electron chi connectivity index (χ3n) is 2.03. The predicted octanol–water partition coefficient (Wildman–Crippen LogP) is 0.483. The molecule has 2 rings (SSSR count). The number of hydrogen-bond acceptors (Lipinski definition) is 4. The van der Waals surface area contributed by atoms with Crippen LogP contribution in [0.3, 0.4) is 0 Å². The zero-order chi connectivity index (χ0) is 10.8. The van der Waals surface area contributed by atoms with Gasteiger partial charge in [-0.15, -0.1) is 11.3 Å². The van der Waals surface area contributed by atoms with E-state index in [0.29, 0.717) is 4.88 Å². The van der Waals surface area contributed by atoms with Crippen molar-refractivity contribution in [3.8, 4) is 0 Å². The molecule has 0 radical (unpaired) electrons. The molecule has 1 aromatic heterocycles. The van der Waals surface area contributed by atoms with Crippen LogP contribution >= 0.6 is 11.3 Å². The molecule has 1 aromatic rings. The van der Waals surface area contributed by atoms with Crippen molar-refractivity contribution in [1.82, 2.24) is 10.2 Å². The minimum Gasteiger partial charge on any atom is -0.329 e. The van der Waals surface area contributed by atoms with Crippen LogP contribution in [0.2, 0.25) is 0 Å². The molecular formula is C9H8N2O3S. The van der Waals surface area contributed by atoms with Crippen molar-refractivity contribution in [3.63, 3.8) is 0 Å². The number of hydrogen-bond donors (Lipinski definition) is 1. The van der Waals surface area contributed by atoms with E-state index in [1.165, 1.54) is 11.3 Å². The Morgan fingerprint density at radius 3 is 2.87 bits per heavy atom. The Kier molecular flexibility index (Phi) is 2.51.